The predicted octanol–water partition coefficient (Wildman–Crippen LogP) is 4.25. The van der Waals surface area contributed by atoms with Gasteiger partial charge in [0, 0.05) is 42.4 Å². The van der Waals surface area contributed by atoms with Gasteiger partial charge in [0.2, 0.25) is 5.78 Å². The Hall–Kier alpha value is -1.47. The molecule has 4 fully saturated rings. The molecule has 0 aromatic carbocycles. The minimum atomic E-state index is -1.51. The zero-order valence-electron chi connectivity index (χ0n) is 22.2. The van der Waals surface area contributed by atoms with Gasteiger partial charge in [-0.2, -0.15) is 0 Å². The van der Waals surface area contributed by atoms with Gasteiger partial charge in [-0.3, -0.25) is 19.2 Å². The van der Waals surface area contributed by atoms with E-state index in [9.17, 15) is 24.3 Å². The number of aliphatic hydroxyl groups excluding tert-OH is 1. The van der Waals surface area contributed by atoms with Gasteiger partial charge in [0.15, 0.2) is 12.2 Å². The van der Waals surface area contributed by atoms with Crippen LogP contribution in [0.1, 0.15) is 86.0 Å². The lowest BCUT2D eigenvalue weighted by molar-refractivity contribution is -0.215. The highest BCUT2D eigenvalue weighted by atomic mass is 35.5. The molecule has 10 atom stereocenters. The summed E-state index contributed by atoms with van der Waals surface area (Å²) in [5, 5.41) is 11.5. The quantitative estimate of drug-likeness (QED) is 0.409. The van der Waals surface area contributed by atoms with Gasteiger partial charge in [0.1, 0.15) is 5.78 Å². The molecule has 4 rings (SSSR count). The van der Waals surface area contributed by atoms with Crippen LogP contribution in [0.5, 0.6) is 0 Å². The molecule has 0 amide bonds. The fourth-order valence-electron chi connectivity index (χ4n) is 8.87. The van der Waals surface area contributed by atoms with Gasteiger partial charge in [-0.15, -0.1) is 11.6 Å². The summed E-state index contributed by atoms with van der Waals surface area (Å²) < 4.78 is 11.3. The van der Waals surface area contributed by atoms with E-state index in [0.29, 0.717) is 25.7 Å². The SMILES string of the molecule is CCC(=O)OCC(=O)[C@]1(OC(=O)CC)[C@H](C)C[C@H]2[C@H]3[C@H]([C@@H](O)C[C@@]21C)[C@@]1(C)CCC(=O)C[C@H]1C[C@H]3Cl. The summed E-state index contributed by atoms with van der Waals surface area (Å²) in [4.78, 5) is 50.8. The number of rotatable bonds is 6. The molecule has 0 radical (unpaired) electrons. The van der Waals surface area contributed by atoms with Gasteiger partial charge in [-0.05, 0) is 54.8 Å². The standard InChI is InChI=1S/C28H41ClO7/c1-6-22(33)35-14-21(32)28(36-23(34)7-2)15(3)10-18-24-19(29)12-16-11-17(30)8-9-26(16,4)25(24)20(31)13-27(18,28)5/h15-16,18-20,24-25,31H,6-14H2,1-5H3/t15-,16+,18+,19-,20+,24-,25+,26+,27+,28-/m1/s1. The Labute approximate surface area is 219 Å². The smallest absolute Gasteiger partial charge is 0.306 e. The van der Waals surface area contributed by atoms with Gasteiger partial charge >= 0.3 is 11.9 Å². The van der Waals surface area contributed by atoms with Gasteiger partial charge in [0.05, 0.1) is 6.10 Å². The van der Waals surface area contributed by atoms with E-state index in [4.69, 9.17) is 21.1 Å². The van der Waals surface area contributed by atoms with Crippen LogP contribution in [-0.4, -0.2) is 52.3 Å². The number of ketones is 2. The zero-order valence-corrected chi connectivity index (χ0v) is 22.9. The van der Waals surface area contributed by atoms with Crippen LogP contribution < -0.4 is 0 Å². The molecule has 8 heteroatoms. The number of alkyl halides is 1. The third-order valence-corrected chi connectivity index (χ3v) is 11.0. The molecule has 0 unspecified atom stereocenters. The van der Waals surface area contributed by atoms with Crippen LogP contribution >= 0.6 is 11.6 Å². The first-order valence-corrected chi connectivity index (χ1v) is 14.0. The molecule has 1 N–H and O–H groups in total. The maximum Gasteiger partial charge on any atom is 0.306 e. The molecule has 0 aromatic rings. The van der Waals surface area contributed by atoms with Crippen molar-refractivity contribution in [2.45, 2.75) is 103 Å². The van der Waals surface area contributed by atoms with Crippen LogP contribution in [0.4, 0.5) is 0 Å². The summed E-state index contributed by atoms with van der Waals surface area (Å²) in [6.45, 7) is 8.95. The van der Waals surface area contributed by atoms with Crippen LogP contribution in [0.2, 0.25) is 0 Å². The number of aliphatic hydroxyl groups is 1. The van der Waals surface area contributed by atoms with Crippen molar-refractivity contribution in [2.24, 2.45) is 40.4 Å². The molecule has 0 aromatic heterocycles. The van der Waals surface area contributed by atoms with Crippen molar-refractivity contribution < 1.29 is 33.8 Å². The number of Topliss-reactive ketones (excluding diaryl/α,β-unsaturated/α-hetero) is 2. The second-order valence-electron chi connectivity index (χ2n) is 12.2. The minimum Gasteiger partial charge on any atom is -0.457 e. The van der Waals surface area contributed by atoms with Crippen molar-refractivity contribution >= 4 is 35.1 Å². The second-order valence-corrected chi connectivity index (χ2v) is 12.8. The number of carbonyl (C=O) groups is 4. The Morgan fingerprint density at radius 2 is 1.78 bits per heavy atom. The Morgan fingerprint density at radius 1 is 1.11 bits per heavy atom. The number of ether oxygens (including phenoxy) is 2. The number of halogens is 1. The van der Waals surface area contributed by atoms with Crippen molar-refractivity contribution in [1.82, 2.24) is 0 Å². The average molecular weight is 525 g/mol. The molecule has 4 aliphatic carbocycles. The molecule has 4 saturated carbocycles. The molecule has 0 spiro atoms. The molecule has 202 valence electrons. The summed E-state index contributed by atoms with van der Waals surface area (Å²) >= 11 is 7.10. The Morgan fingerprint density at radius 3 is 2.42 bits per heavy atom. The Bertz CT molecular complexity index is 935. The van der Waals surface area contributed by atoms with Crippen molar-refractivity contribution in [3.05, 3.63) is 0 Å². The topological polar surface area (TPSA) is 107 Å². The van der Waals surface area contributed by atoms with Crippen molar-refractivity contribution in [1.29, 1.82) is 0 Å². The molecule has 0 bridgehead atoms. The highest BCUT2D eigenvalue weighted by Gasteiger charge is 2.74. The fourth-order valence-corrected chi connectivity index (χ4v) is 9.42. The van der Waals surface area contributed by atoms with E-state index in [1.54, 1.807) is 13.8 Å². The van der Waals surface area contributed by atoms with Crippen LogP contribution in [0.3, 0.4) is 0 Å². The lowest BCUT2D eigenvalue weighted by atomic mass is 9.43. The maximum atomic E-state index is 13.9. The van der Waals surface area contributed by atoms with E-state index >= 15 is 0 Å². The third kappa shape index (κ3) is 3.95. The predicted molar refractivity (Wildman–Crippen MR) is 133 cm³/mol. The van der Waals surface area contributed by atoms with Crippen molar-refractivity contribution in [2.75, 3.05) is 6.61 Å². The first-order chi connectivity index (χ1) is 16.9. The van der Waals surface area contributed by atoms with Crippen LogP contribution in [0.25, 0.3) is 0 Å². The van der Waals surface area contributed by atoms with E-state index < -0.39 is 41.4 Å². The number of hydrogen-bond acceptors (Lipinski definition) is 7. The van der Waals surface area contributed by atoms with Gasteiger partial charge in [-0.1, -0.05) is 34.6 Å². The van der Waals surface area contributed by atoms with Crippen LogP contribution in [0.15, 0.2) is 0 Å². The zero-order chi connectivity index (χ0) is 26.6. The van der Waals surface area contributed by atoms with E-state index in [1.807, 2.05) is 13.8 Å². The largest absolute Gasteiger partial charge is 0.457 e. The summed E-state index contributed by atoms with van der Waals surface area (Å²) in [6.07, 6.45) is 2.86. The maximum absolute atomic E-state index is 13.9. The minimum absolute atomic E-state index is 0.0608. The first-order valence-electron chi connectivity index (χ1n) is 13.6. The molecule has 36 heavy (non-hydrogen) atoms. The van der Waals surface area contributed by atoms with Gasteiger partial charge < -0.3 is 14.6 Å². The highest BCUT2D eigenvalue weighted by molar-refractivity contribution is 6.21. The number of esters is 2. The van der Waals surface area contributed by atoms with E-state index in [-0.39, 0.29) is 65.4 Å². The lowest BCUT2D eigenvalue weighted by Crippen LogP contribution is -2.66. The average Bonchev–Trinajstić information content (AvgIpc) is 3.04. The van der Waals surface area contributed by atoms with E-state index in [0.717, 1.165) is 6.42 Å². The number of fused-ring (bicyclic) bond motifs is 5. The van der Waals surface area contributed by atoms with Gasteiger partial charge in [0.25, 0.3) is 0 Å². The molecule has 0 saturated heterocycles. The normalized spacial score (nSPS) is 45.8. The second kappa shape index (κ2) is 9.68. The highest BCUT2D eigenvalue weighted by Crippen LogP contribution is 2.70. The summed E-state index contributed by atoms with van der Waals surface area (Å²) in [7, 11) is 0. The number of hydrogen-bond donors (Lipinski definition) is 1. The molecular formula is C28H41ClO7. The lowest BCUT2D eigenvalue weighted by Gasteiger charge is -2.63. The summed E-state index contributed by atoms with van der Waals surface area (Å²) in [5.74, 6) is -1.56. The van der Waals surface area contributed by atoms with Crippen molar-refractivity contribution in [3.63, 3.8) is 0 Å². The summed E-state index contributed by atoms with van der Waals surface area (Å²) in [6, 6.07) is 0. The number of carbonyl (C=O) groups excluding carboxylic acids is 4. The fraction of sp³-hybridized carbons (Fsp3) is 0.857. The first kappa shape index (κ1) is 27.6. The molecular weight excluding hydrogens is 484 g/mol. The Balaban J connectivity index is 1.76. The van der Waals surface area contributed by atoms with Crippen molar-refractivity contribution in [3.8, 4) is 0 Å². The molecule has 7 nitrogen and oxygen atoms in total. The van der Waals surface area contributed by atoms with E-state index in [2.05, 4.69) is 6.92 Å². The van der Waals surface area contributed by atoms with Gasteiger partial charge in [-0.25, -0.2) is 0 Å². The molecule has 0 aliphatic heterocycles. The van der Waals surface area contributed by atoms with Crippen LogP contribution in [0, 0.1) is 40.4 Å². The Kier molecular flexibility index (Phi) is 7.41. The monoisotopic (exact) mass is 524 g/mol. The van der Waals surface area contributed by atoms with Crippen LogP contribution in [-0.2, 0) is 28.7 Å². The third-order valence-electron chi connectivity index (χ3n) is 10.6. The molecule has 0 heterocycles. The molecule has 4 aliphatic rings. The van der Waals surface area contributed by atoms with E-state index in [1.165, 1.54) is 0 Å². The summed E-state index contributed by atoms with van der Waals surface area (Å²) in [5.41, 5.74) is -2.59.